The zero-order valence-electron chi connectivity index (χ0n) is 13.9. The minimum atomic E-state index is -4.51. The topological polar surface area (TPSA) is 58.2 Å². The number of carbonyl (C=O) groups excluding carboxylic acids is 2. The van der Waals surface area contributed by atoms with Crippen LogP contribution in [0.2, 0.25) is 0 Å². The van der Waals surface area contributed by atoms with E-state index >= 15 is 0 Å². The molecule has 1 aromatic carbocycles. The van der Waals surface area contributed by atoms with Crippen LogP contribution in [-0.4, -0.2) is 24.0 Å². The summed E-state index contributed by atoms with van der Waals surface area (Å²) in [4.78, 5) is 23.6. The summed E-state index contributed by atoms with van der Waals surface area (Å²) in [5.41, 5.74) is 0.938. The van der Waals surface area contributed by atoms with Crippen molar-refractivity contribution < 1.29 is 22.8 Å². The average molecular weight is 342 g/mol. The Morgan fingerprint density at radius 3 is 2.50 bits per heavy atom. The Morgan fingerprint density at radius 2 is 1.92 bits per heavy atom. The van der Waals surface area contributed by atoms with Gasteiger partial charge >= 0.3 is 6.18 Å². The number of rotatable bonds is 3. The lowest BCUT2D eigenvalue weighted by molar-refractivity contribution is -0.159. The molecule has 1 heterocycles. The van der Waals surface area contributed by atoms with E-state index in [1.54, 1.807) is 26.8 Å². The molecule has 0 radical (unpaired) electrons. The van der Waals surface area contributed by atoms with Crippen LogP contribution >= 0.6 is 0 Å². The molecular formula is C17H21F3N2O2. The molecule has 7 heteroatoms. The number of alkyl halides is 3. The van der Waals surface area contributed by atoms with Crippen molar-refractivity contribution in [2.45, 2.75) is 52.3 Å². The second-order valence-electron chi connectivity index (χ2n) is 7.25. The van der Waals surface area contributed by atoms with Gasteiger partial charge in [0.2, 0.25) is 5.91 Å². The van der Waals surface area contributed by atoms with Crippen LogP contribution in [0.25, 0.3) is 0 Å². The van der Waals surface area contributed by atoms with Gasteiger partial charge in [-0.3, -0.25) is 9.59 Å². The molecular weight excluding hydrogens is 321 g/mol. The van der Waals surface area contributed by atoms with Gasteiger partial charge in [0.05, 0.1) is 0 Å². The summed E-state index contributed by atoms with van der Waals surface area (Å²) in [6.07, 6.45) is -3.95. The van der Waals surface area contributed by atoms with Gasteiger partial charge in [-0.25, -0.2) is 0 Å². The zero-order valence-corrected chi connectivity index (χ0v) is 13.9. The van der Waals surface area contributed by atoms with Crippen molar-refractivity contribution in [3.05, 3.63) is 29.3 Å². The molecule has 0 bridgehead atoms. The SMILES string of the molecule is CC(C)(C)CC(NC(=O)c1ccc2c(c1)CCC(=O)N2)C(F)(F)F. The van der Waals surface area contributed by atoms with Crippen molar-refractivity contribution in [3.8, 4) is 0 Å². The third-order valence-corrected chi connectivity index (χ3v) is 3.78. The molecule has 2 N–H and O–H groups in total. The number of benzene rings is 1. The fourth-order valence-electron chi connectivity index (χ4n) is 2.63. The summed E-state index contributed by atoms with van der Waals surface area (Å²) in [5, 5.41) is 4.77. The van der Waals surface area contributed by atoms with Crippen LogP contribution in [0.15, 0.2) is 18.2 Å². The Labute approximate surface area is 138 Å². The highest BCUT2D eigenvalue weighted by Gasteiger charge is 2.42. The Hall–Kier alpha value is -2.05. The van der Waals surface area contributed by atoms with E-state index in [0.717, 1.165) is 5.56 Å². The van der Waals surface area contributed by atoms with Crippen LogP contribution in [0, 0.1) is 5.41 Å². The van der Waals surface area contributed by atoms with Gasteiger partial charge in [0, 0.05) is 17.7 Å². The van der Waals surface area contributed by atoms with Gasteiger partial charge in [0.15, 0.2) is 0 Å². The van der Waals surface area contributed by atoms with Crippen LogP contribution in [0.4, 0.5) is 18.9 Å². The third-order valence-electron chi connectivity index (χ3n) is 3.78. The Balaban J connectivity index is 2.17. The van der Waals surface area contributed by atoms with E-state index < -0.39 is 23.5 Å². The summed E-state index contributed by atoms with van der Waals surface area (Å²) in [5.74, 6) is -0.872. The number of hydrogen-bond donors (Lipinski definition) is 2. The van der Waals surface area contributed by atoms with Gasteiger partial charge in [0.25, 0.3) is 5.91 Å². The fourth-order valence-corrected chi connectivity index (χ4v) is 2.63. The zero-order chi connectivity index (χ0) is 18.1. The van der Waals surface area contributed by atoms with E-state index in [0.29, 0.717) is 18.5 Å². The van der Waals surface area contributed by atoms with Crippen molar-refractivity contribution in [1.29, 1.82) is 0 Å². The van der Waals surface area contributed by atoms with Crippen LogP contribution in [-0.2, 0) is 11.2 Å². The van der Waals surface area contributed by atoms with Crippen LogP contribution in [0.3, 0.4) is 0 Å². The molecule has 0 aromatic heterocycles. The lowest BCUT2D eigenvalue weighted by atomic mass is 9.87. The Morgan fingerprint density at radius 1 is 1.25 bits per heavy atom. The first-order chi connectivity index (χ1) is 11.0. The first-order valence-corrected chi connectivity index (χ1v) is 7.76. The molecule has 0 fully saturated rings. The quantitative estimate of drug-likeness (QED) is 0.881. The molecule has 24 heavy (non-hydrogen) atoms. The smallest absolute Gasteiger partial charge is 0.340 e. The van der Waals surface area contributed by atoms with Gasteiger partial charge < -0.3 is 10.6 Å². The van der Waals surface area contributed by atoms with Crippen molar-refractivity contribution in [3.63, 3.8) is 0 Å². The molecule has 132 valence electrons. The number of fused-ring (bicyclic) bond motifs is 1. The average Bonchev–Trinajstić information content (AvgIpc) is 2.43. The Bertz CT molecular complexity index is 648. The molecule has 2 amide bonds. The van der Waals surface area contributed by atoms with E-state index in [1.807, 2.05) is 0 Å². The molecule has 1 aliphatic heterocycles. The van der Waals surface area contributed by atoms with Crippen LogP contribution < -0.4 is 10.6 Å². The summed E-state index contributed by atoms with van der Waals surface area (Å²) >= 11 is 0. The molecule has 2 rings (SSSR count). The van der Waals surface area contributed by atoms with E-state index in [2.05, 4.69) is 10.6 Å². The lowest BCUT2D eigenvalue weighted by Crippen LogP contribution is -2.47. The van der Waals surface area contributed by atoms with Crippen LogP contribution in [0.1, 0.15) is 49.5 Å². The van der Waals surface area contributed by atoms with Gasteiger partial charge in [-0.1, -0.05) is 20.8 Å². The molecule has 0 saturated carbocycles. The predicted molar refractivity (Wildman–Crippen MR) is 84.8 cm³/mol. The fraction of sp³-hybridized carbons (Fsp3) is 0.529. The van der Waals surface area contributed by atoms with Gasteiger partial charge in [-0.15, -0.1) is 0 Å². The normalized spacial score (nSPS) is 16.2. The second-order valence-corrected chi connectivity index (χ2v) is 7.25. The lowest BCUT2D eigenvalue weighted by Gasteiger charge is -2.28. The highest BCUT2D eigenvalue weighted by molar-refractivity contribution is 5.98. The second kappa shape index (κ2) is 6.45. The molecule has 1 unspecified atom stereocenters. The minimum absolute atomic E-state index is 0.109. The summed E-state index contributed by atoms with van der Waals surface area (Å²) in [6.45, 7) is 5.08. The summed E-state index contributed by atoms with van der Waals surface area (Å²) in [7, 11) is 0. The van der Waals surface area contributed by atoms with Crippen LogP contribution in [0.5, 0.6) is 0 Å². The van der Waals surface area contributed by atoms with Gasteiger partial charge in [-0.2, -0.15) is 13.2 Å². The largest absolute Gasteiger partial charge is 0.408 e. The number of amides is 2. The van der Waals surface area contributed by atoms with Gasteiger partial charge in [-0.05, 0) is 42.0 Å². The van der Waals surface area contributed by atoms with E-state index in [4.69, 9.17) is 0 Å². The molecule has 0 saturated heterocycles. The maximum Gasteiger partial charge on any atom is 0.408 e. The highest BCUT2D eigenvalue weighted by atomic mass is 19.4. The number of hydrogen-bond acceptors (Lipinski definition) is 2. The number of halogens is 3. The number of aryl methyl sites for hydroxylation is 1. The highest BCUT2D eigenvalue weighted by Crippen LogP contribution is 2.31. The first kappa shape index (κ1) is 18.3. The minimum Gasteiger partial charge on any atom is -0.340 e. The van der Waals surface area contributed by atoms with Crippen molar-refractivity contribution in [2.24, 2.45) is 5.41 Å². The van der Waals surface area contributed by atoms with E-state index in [-0.39, 0.29) is 17.9 Å². The number of anilines is 1. The molecule has 0 aliphatic carbocycles. The first-order valence-electron chi connectivity index (χ1n) is 7.76. The van der Waals surface area contributed by atoms with Gasteiger partial charge in [0.1, 0.15) is 6.04 Å². The predicted octanol–water partition coefficient (Wildman–Crippen LogP) is 3.67. The summed E-state index contributed by atoms with van der Waals surface area (Å²) in [6, 6.07) is 2.60. The van der Waals surface area contributed by atoms with E-state index in [9.17, 15) is 22.8 Å². The van der Waals surface area contributed by atoms with E-state index in [1.165, 1.54) is 12.1 Å². The van der Waals surface area contributed by atoms with Crippen molar-refractivity contribution in [2.75, 3.05) is 5.32 Å². The monoisotopic (exact) mass is 342 g/mol. The maximum atomic E-state index is 13.2. The van der Waals surface area contributed by atoms with Crippen molar-refractivity contribution in [1.82, 2.24) is 5.32 Å². The molecule has 1 aliphatic rings. The van der Waals surface area contributed by atoms with Crippen molar-refractivity contribution >= 4 is 17.5 Å². The molecule has 0 spiro atoms. The third kappa shape index (κ3) is 4.72. The number of nitrogens with one attached hydrogen (secondary N) is 2. The molecule has 1 aromatic rings. The molecule has 1 atom stereocenters. The number of carbonyl (C=O) groups is 2. The maximum absolute atomic E-state index is 13.2. The Kier molecular flexibility index (Phi) is 4.92. The summed E-state index contributed by atoms with van der Waals surface area (Å²) < 4.78 is 39.5. The standard InChI is InChI=1S/C17H21F3N2O2/c1-16(2,3)9-13(17(18,19)20)22-15(24)11-4-6-12-10(8-11)5-7-14(23)21-12/h4,6,8,13H,5,7,9H2,1-3H3,(H,21,23)(H,22,24). The molecule has 4 nitrogen and oxygen atoms in total.